The summed E-state index contributed by atoms with van der Waals surface area (Å²) in [6.07, 6.45) is 0.869. The highest BCUT2D eigenvalue weighted by Gasteiger charge is 2.15. The summed E-state index contributed by atoms with van der Waals surface area (Å²) >= 11 is 0. The Bertz CT molecular complexity index is 196. The van der Waals surface area contributed by atoms with Gasteiger partial charge in [0.05, 0.1) is 12.2 Å². The molecular weight excluding hydrogens is 192 g/mol. The van der Waals surface area contributed by atoms with E-state index in [0.717, 1.165) is 6.42 Å². The van der Waals surface area contributed by atoms with E-state index < -0.39 is 0 Å². The molecule has 0 atom stereocenters. The quantitative estimate of drug-likeness (QED) is 0.678. The molecule has 0 aromatic carbocycles. The third-order valence-corrected chi connectivity index (χ3v) is 1.74. The van der Waals surface area contributed by atoms with Crippen molar-refractivity contribution in [2.45, 2.75) is 53.6 Å². The first-order valence-corrected chi connectivity index (χ1v) is 5.40. The molecule has 0 aliphatic rings. The number of esters is 1. The standard InChI is InChI=1S/C12H24O3/c1-11(2,3)7-8-14-10(13)9-15-12(4,5)6/h7-9H2,1-6H3. The van der Waals surface area contributed by atoms with Crippen molar-refractivity contribution in [3.05, 3.63) is 0 Å². The Hall–Kier alpha value is -0.570. The van der Waals surface area contributed by atoms with Crippen molar-refractivity contribution in [2.75, 3.05) is 13.2 Å². The van der Waals surface area contributed by atoms with Gasteiger partial charge >= 0.3 is 5.97 Å². The van der Waals surface area contributed by atoms with Gasteiger partial charge in [0.25, 0.3) is 0 Å². The van der Waals surface area contributed by atoms with Gasteiger partial charge in [-0.15, -0.1) is 0 Å². The second-order valence-electron chi connectivity index (χ2n) is 5.93. The second-order valence-corrected chi connectivity index (χ2v) is 5.93. The summed E-state index contributed by atoms with van der Waals surface area (Å²) in [6.45, 7) is 12.6. The zero-order valence-electron chi connectivity index (χ0n) is 10.8. The van der Waals surface area contributed by atoms with Crippen LogP contribution in [0.5, 0.6) is 0 Å². The van der Waals surface area contributed by atoms with Gasteiger partial charge in [-0.2, -0.15) is 0 Å². The molecule has 90 valence electrons. The highest BCUT2D eigenvalue weighted by molar-refractivity contribution is 5.70. The summed E-state index contributed by atoms with van der Waals surface area (Å²) in [7, 11) is 0. The fourth-order valence-corrected chi connectivity index (χ4v) is 0.788. The van der Waals surface area contributed by atoms with Gasteiger partial charge in [-0.3, -0.25) is 0 Å². The van der Waals surface area contributed by atoms with Crippen molar-refractivity contribution in [2.24, 2.45) is 5.41 Å². The molecule has 0 unspecified atom stereocenters. The first-order chi connectivity index (χ1) is 6.60. The molecule has 0 fully saturated rings. The van der Waals surface area contributed by atoms with E-state index in [1.165, 1.54) is 0 Å². The normalized spacial score (nSPS) is 12.7. The SMILES string of the molecule is CC(C)(C)CCOC(=O)COC(C)(C)C. The van der Waals surface area contributed by atoms with Crippen molar-refractivity contribution in [1.82, 2.24) is 0 Å². The predicted octanol–water partition coefficient (Wildman–Crippen LogP) is 2.78. The first kappa shape index (κ1) is 14.4. The molecule has 0 bridgehead atoms. The number of carbonyl (C=O) groups is 1. The molecule has 0 heterocycles. The Morgan fingerprint density at radius 1 is 1.07 bits per heavy atom. The van der Waals surface area contributed by atoms with Gasteiger partial charge in [0.1, 0.15) is 6.61 Å². The summed E-state index contributed by atoms with van der Waals surface area (Å²) in [5, 5.41) is 0. The molecule has 0 N–H and O–H groups in total. The minimum absolute atomic E-state index is 0.0354. The molecule has 15 heavy (non-hydrogen) atoms. The topological polar surface area (TPSA) is 35.5 Å². The zero-order valence-corrected chi connectivity index (χ0v) is 10.8. The van der Waals surface area contributed by atoms with Crippen LogP contribution in [0.25, 0.3) is 0 Å². The Morgan fingerprint density at radius 3 is 2.00 bits per heavy atom. The minimum Gasteiger partial charge on any atom is -0.464 e. The van der Waals surface area contributed by atoms with Gasteiger partial charge in [0.15, 0.2) is 0 Å². The van der Waals surface area contributed by atoms with Crippen LogP contribution in [0.1, 0.15) is 48.0 Å². The summed E-state index contributed by atoms with van der Waals surface area (Å²) in [6, 6.07) is 0. The maximum Gasteiger partial charge on any atom is 0.332 e. The molecule has 3 heteroatoms. The molecule has 0 radical (unpaired) electrons. The van der Waals surface area contributed by atoms with Crippen molar-refractivity contribution in [1.29, 1.82) is 0 Å². The molecule has 0 aliphatic carbocycles. The van der Waals surface area contributed by atoms with E-state index in [2.05, 4.69) is 20.8 Å². The average molecular weight is 216 g/mol. The number of rotatable bonds is 4. The summed E-state index contributed by atoms with van der Waals surface area (Å²) < 4.78 is 10.3. The number of hydrogen-bond acceptors (Lipinski definition) is 3. The van der Waals surface area contributed by atoms with E-state index in [1.54, 1.807) is 0 Å². The average Bonchev–Trinajstić information content (AvgIpc) is 1.97. The molecule has 0 saturated carbocycles. The van der Waals surface area contributed by atoms with Crippen molar-refractivity contribution in [3.8, 4) is 0 Å². The molecule has 0 aliphatic heterocycles. The Balaban J connectivity index is 3.60. The molecule has 0 aromatic rings. The van der Waals surface area contributed by atoms with Gasteiger partial charge in [0.2, 0.25) is 0 Å². The van der Waals surface area contributed by atoms with E-state index in [0.29, 0.717) is 6.61 Å². The molecule has 3 nitrogen and oxygen atoms in total. The Kier molecular flexibility index (Phi) is 5.29. The lowest BCUT2D eigenvalue weighted by atomic mass is 9.93. The first-order valence-electron chi connectivity index (χ1n) is 5.40. The third-order valence-electron chi connectivity index (χ3n) is 1.74. The maximum absolute atomic E-state index is 11.2. The van der Waals surface area contributed by atoms with Crippen LogP contribution >= 0.6 is 0 Å². The van der Waals surface area contributed by atoms with Crippen LogP contribution in [0.4, 0.5) is 0 Å². The molecule has 0 saturated heterocycles. The molecule has 0 spiro atoms. The predicted molar refractivity (Wildman–Crippen MR) is 60.7 cm³/mol. The molecular formula is C12H24O3. The maximum atomic E-state index is 11.2. The van der Waals surface area contributed by atoms with Crippen molar-refractivity contribution in [3.63, 3.8) is 0 Å². The highest BCUT2D eigenvalue weighted by atomic mass is 16.6. The second kappa shape index (κ2) is 5.50. The van der Waals surface area contributed by atoms with Crippen LogP contribution in [0, 0.1) is 5.41 Å². The smallest absolute Gasteiger partial charge is 0.332 e. The Morgan fingerprint density at radius 2 is 1.60 bits per heavy atom. The lowest BCUT2D eigenvalue weighted by Gasteiger charge is -2.20. The van der Waals surface area contributed by atoms with Crippen molar-refractivity contribution < 1.29 is 14.3 Å². The zero-order chi connectivity index (χ0) is 12.1. The van der Waals surface area contributed by atoms with Gasteiger partial charge in [-0.25, -0.2) is 4.79 Å². The van der Waals surface area contributed by atoms with E-state index >= 15 is 0 Å². The lowest BCUT2D eigenvalue weighted by molar-refractivity contribution is -0.154. The summed E-state index contributed by atoms with van der Waals surface area (Å²) in [5.41, 5.74) is -0.0891. The van der Waals surface area contributed by atoms with Crippen LogP contribution in [0.15, 0.2) is 0 Å². The van der Waals surface area contributed by atoms with Gasteiger partial charge < -0.3 is 9.47 Å². The van der Waals surface area contributed by atoms with Gasteiger partial charge in [-0.05, 0) is 32.6 Å². The number of hydrogen-bond donors (Lipinski definition) is 0. The van der Waals surface area contributed by atoms with Crippen LogP contribution in [0.3, 0.4) is 0 Å². The van der Waals surface area contributed by atoms with Crippen LogP contribution in [0.2, 0.25) is 0 Å². The van der Waals surface area contributed by atoms with E-state index in [9.17, 15) is 4.79 Å². The number of carbonyl (C=O) groups excluding carboxylic acids is 1. The third kappa shape index (κ3) is 11.4. The fraction of sp³-hybridized carbons (Fsp3) is 0.917. The number of ether oxygens (including phenoxy) is 2. The highest BCUT2D eigenvalue weighted by Crippen LogP contribution is 2.17. The van der Waals surface area contributed by atoms with E-state index in [4.69, 9.17) is 9.47 Å². The summed E-state index contributed by atoms with van der Waals surface area (Å²) in [5.74, 6) is -0.283. The molecule has 0 amide bonds. The van der Waals surface area contributed by atoms with Crippen LogP contribution in [-0.4, -0.2) is 24.8 Å². The van der Waals surface area contributed by atoms with Crippen LogP contribution < -0.4 is 0 Å². The summed E-state index contributed by atoms with van der Waals surface area (Å²) in [4.78, 5) is 11.2. The van der Waals surface area contributed by atoms with Crippen molar-refractivity contribution >= 4 is 5.97 Å². The molecule has 0 rings (SSSR count). The Labute approximate surface area is 93.1 Å². The van der Waals surface area contributed by atoms with Gasteiger partial charge in [0, 0.05) is 0 Å². The van der Waals surface area contributed by atoms with Crippen LogP contribution in [-0.2, 0) is 14.3 Å². The molecule has 0 aromatic heterocycles. The minimum atomic E-state index is -0.289. The van der Waals surface area contributed by atoms with Gasteiger partial charge in [-0.1, -0.05) is 20.8 Å². The largest absolute Gasteiger partial charge is 0.464 e. The van der Waals surface area contributed by atoms with E-state index in [1.807, 2.05) is 20.8 Å². The fourth-order valence-electron chi connectivity index (χ4n) is 0.788. The lowest BCUT2D eigenvalue weighted by Crippen LogP contribution is -2.25. The monoisotopic (exact) mass is 216 g/mol. The van der Waals surface area contributed by atoms with E-state index in [-0.39, 0.29) is 23.6 Å².